The first-order valence-electron chi connectivity index (χ1n) is 11.3. The zero-order valence-electron chi connectivity index (χ0n) is 19.9. The van der Waals surface area contributed by atoms with Gasteiger partial charge in [-0.25, -0.2) is 0 Å². The summed E-state index contributed by atoms with van der Waals surface area (Å²) in [7, 11) is 0. The third kappa shape index (κ3) is 4.69. The smallest absolute Gasteiger partial charge is 0.293 e. The van der Waals surface area contributed by atoms with Crippen LogP contribution in [0, 0.1) is 5.41 Å². The molecule has 2 aromatic heterocycles. The van der Waals surface area contributed by atoms with Crippen molar-refractivity contribution in [1.82, 2.24) is 9.55 Å². The zero-order valence-corrected chi connectivity index (χ0v) is 19.9. The van der Waals surface area contributed by atoms with Crippen LogP contribution in [0.25, 0.3) is 27.7 Å². The fourth-order valence-electron chi connectivity index (χ4n) is 4.46. The highest BCUT2D eigenvalue weighted by Gasteiger charge is 2.27. The van der Waals surface area contributed by atoms with Gasteiger partial charge in [0.15, 0.2) is 0 Å². The van der Waals surface area contributed by atoms with Gasteiger partial charge in [0.25, 0.3) is 6.47 Å². The van der Waals surface area contributed by atoms with Gasteiger partial charge < -0.3 is 9.30 Å². The molecule has 0 saturated heterocycles. The van der Waals surface area contributed by atoms with Gasteiger partial charge in [0.05, 0.1) is 12.3 Å². The van der Waals surface area contributed by atoms with Crippen molar-refractivity contribution < 1.29 is 9.53 Å². The number of carbonyl (C=O) groups excluding carboxylic acids is 1. The van der Waals surface area contributed by atoms with Crippen LogP contribution in [-0.2, 0) is 28.9 Å². The molecule has 0 aliphatic heterocycles. The van der Waals surface area contributed by atoms with Crippen LogP contribution in [0.4, 0.5) is 0 Å². The summed E-state index contributed by atoms with van der Waals surface area (Å²) >= 11 is 0. The van der Waals surface area contributed by atoms with E-state index in [1.54, 1.807) is 0 Å². The quantitative estimate of drug-likeness (QED) is 0.268. The predicted molar refractivity (Wildman–Crippen MR) is 134 cm³/mol. The molecule has 0 aliphatic rings. The maximum Gasteiger partial charge on any atom is 0.293 e. The van der Waals surface area contributed by atoms with Crippen molar-refractivity contribution in [1.29, 1.82) is 0 Å². The molecule has 1 aromatic carbocycles. The highest BCUT2D eigenvalue weighted by molar-refractivity contribution is 5.95. The van der Waals surface area contributed by atoms with Crippen LogP contribution in [0.2, 0.25) is 0 Å². The highest BCUT2D eigenvalue weighted by Crippen LogP contribution is 2.40. The van der Waals surface area contributed by atoms with Crippen molar-refractivity contribution in [2.45, 2.75) is 54.0 Å². The molecule has 0 unspecified atom stereocenters. The van der Waals surface area contributed by atoms with Crippen molar-refractivity contribution in [3.8, 4) is 11.3 Å². The Bertz CT molecular complexity index is 1150. The summed E-state index contributed by atoms with van der Waals surface area (Å²) < 4.78 is 7.57. The fraction of sp³-hybridized carbons (Fsp3) is 0.357. The second-order valence-corrected chi connectivity index (χ2v) is 8.93. The molecule has 0 radical (unpaired) electrons. The van der Waals surface area contributed by atoms with Crippen molar-refractivity contribution in [3.05, 3.63) is 72.1 Å². The number of aromatic nitrogens is 2. The largest absolute Gasteiger partial charge is 0.467 e. The molecule has 0 amide bonds. The number of carbonyl (C=O) groups is 1. The minimum Gasteiger partial charge on any atom is -0.467 e. The molecule has 0 bridgehead atoms. The lowest BCUT2D eigenvalue weighted by atomic mass is 9.84. The van der Waals surface area contributed by atoms with Crippen molar-refractivity contribution in [2.75, 3.05) is 6.61 Å². The SMILES string of the molecule is C=C(/C=C/C)c1ccc2c(c1)c(CC(C)(C)COC=O)c(-c1cccnc1CC)n2CC. The van der Waals surface area contributed by atoms with Gasteiger partial charge in [-0.05, 0) is 67.7 Å². The third-order valence-corrected chi connectivity index (χ3v) is 5.90. The standard InChI is InChI=1S/C28H34N2O2/c1-7-11-20(4)21-13-14-26-23(16-21)24(17-28(5,6)18-32-19-31)27(30(26)9-3)22-12-10-15-29-25(22)8-2/h7,10-16,19H,4,8-9,17-18H2,1-3,5-6H3/b11-7+. The molecular weight excluding hydrogens is 396 g/mol. The van der Waals surface area contributed by atoms with Gasteiger partial charge in [0, 0.05) is 40.3 Å². The van der Waals surface area contributed by atoms with E-state index < -0.39 is 0 Å². The number of allylic oxidation sites excluding steroid dienone is 3. The molecule has 32 heavy (non-hydrogen) atoms. The molecule has 0 fully saturated rings. The van der Waals surface area contributed by atoms with Gasteiger partial charge in [-0.15, -0.1) is 0 Å². The molecule has 0 spiro atoms. The first-order valence-corrected chi connectivity index (χ1v) is 11.3. The van der Waals surface area contributed by atoms with E-state index in [-0.39, 0.29) is 5.41 Å². The van der Waals surface area contributed by atoms with E-state index in [2.05, 4.69) is 68.1 Å². The van der Waals surface area contributed by atoms with Crippen LogP contribution >= 0.6 is 0 Å². The maximum absolute atomic E-state index is 10.9. The average Bonchev–Trinajstić information content (AvgIpc) is 3.09. The second kappa shape index (κ2) is 9.99. The molecule has 4 nitrogen and oxygen atoms in total. The van der Waals surface area contributed by atoms with Gasteiger partial charge in [-0.3, -0.25) is 9.78 Å². The number of rotatable bonds is 10. The van der Waals surface area contributed by atoms with Crippen LogP contribution < -0.4 is 0 Å². The molecule has 0 saturated carbocycles. The minimum absolute atomic E-state index is 0.215. The maximum atomic E-state index is 10.9. The number of pyridine rings is 1. The van der Waals surface area contributed by atoms with E-state index in [0.29, 0.717) is 13.1 Å². The van der Waals surface area contributed by atoms with Gasteiger partial charge >= 0.3 is 0 Å². The number of ether oxygens (including phenoxy) is 1. The normalized spacial score (nSPS) is 11.9. The lowest BCUT2D eigenvalue weighted by Crippen LogP contribution is -2.22. The van der Waals surface area contributed by atoms with E-state index in [9.17, 15) is 4.79 Å². The number of hydrogen-bond acceptors (Lipinski definition) is 3. The van der Waals surface area contributed by atoms with E-state index in [1.165, 1.54) is 27.7 Å². The van der Waals surface area contributed by atoms with Gasteiger partial charge in [0.1, 0.15) is 0 Å². The number of hydrogen-bond donors (Lipinski definition) is 0. The molecular formula is C28H34N2O2. The summed E-state index contributed by atoms with van der Waals surface area (Å²) in [5.41, 5.74) is 7.82. The Balaban J connectivity index is 2.34. The van der Waals surface area contributed by atoms with E-state index in [1.807, 2.05) is 31.3 Å². The van der Waals surface area contributed by atoms with Crippen LogP contribution in [0.15, 0.2) is 55.3 Å². The predicted octanol–water partition coefficient (Wildman–Crippen LogP) is 6.62. The first kappa shape index (κ1) is 23.5. The lowest BCUT2D eigenvalue weighted by Gasteiger charge is -2.24. The average molecular weight is 431 g/mol. The summed E-state index contributed by atoms with van der Waals surface area (Å²) in [6.07, 6.45) is 7.55. The van der Waals surface area contributed by atoms with Crippen LogP contribution in [-0.4, -0.2) is 22.6 Å². The Kier molecular flexibility index (Phi) is 7.34. The molecule has 3 aromatic rings. The van der Waals surface area contributed by atoms with Crippen molar-refractivity contribution in [2.24, 2.45) is 5.41 Å². The number of nitrogens with zero attached hydrogens (tertiary/aromatic N) is 2. The number of aryl methyl sites for hydroxylation is 2. The molecule has 4 heteroatoms. The minimum atomic E-state index is -0.215. The van der Waals surface area contributed by atoms with E-state index in [0.717, 1.165) is 36.2 Å². The fourth-order valence-corrected chi connectivity index (χ4v) is 4.46. The van der Waals surface area contributed by atoms with Crippen LogP contribution in [0.1, 0.15) is 51.4 Å². The summed E-state index contributed by atoms with van der Waals surface area (Å²) in [6.45, 7) is 16.6. The molecule has 0 atom stereocenters. The Morgan fingerprint density at radius 3 is 2.69 bits per heavy atom. The molecule has 2 heterocycles. The molecule has 168 valence electrons. The Morgan fingerprint density at radius 2 is 2.03 bits per heavy atom. The van der Waals surface area contributed by atoms with Gasteiger partial charge in [-0.1, -0.05) is 45.6 Å². The Labute approximate surface area is 191 Å². The zero-order chi connectivity index (χ0) is 23.3. The molecule has 0 N–H and O–H groups in total. The van der Waals surface area contributed by atoms with E-state index in [4.69, 9.17) is 4.74 Å². The topological polar surface area (TPSA) is 44.1 Å². The molecule has 0 aliphatic carbocycles. The van der Waals surface area contributed by atoms with Crippen LogP contribution in [0.5, 0.6) is 0 Å². The highest BCUT2D eigenvalue weighted by atomic mass is 16.5. The van der Waals surface area contributed by atoms with Gasteiger partial charge in [0.2, 0.25) is 0 Å². The van der Waals surface area contributed by atoms with Crippen molar-refractivity contribution in [3.63, 3.8) is 0 Å². The van der Waals surface area contributed by atoms with E-state index >= 15 is 0 Å². The van der Waals surface area contributed by atoms with Gasteiger partial charge in [-0.2, -0.15) is 0 Å². The van der Waals surface area contributed by atoms with Crippen LogP contribution in [0.3, 0.4) is 0 Å². The summed E-state index contributed by atoms with van der Waals surface area (Å²) in [5, 5.41) is 1.22. The molecule has 3 rings (SSSR count). The first-order chi connectivity index (χ1) is 15.4. The summed E-state index contributed by atoms with van der Waals surface area (Å²) in [5.74, 6) is 0. The number of fused-ring (bicyclic) bond motifs is 1. The number of benzene rings is 1. The summed E-state index contributed by atoms with van der Waals surface area (Å²) in [6, 6.07) is 10.8. The summed E-state index contributed by atoms with van der Waals surface area (Å²) in [4.78, 5) is 15.5. The third-order valence-electron chi connectivity index (χ3n) is 5.90. The van der Waals surface area contributed by atoms with Crippen molar-refractivity contribution >= 4 is 22.9 Å². The second-order valence-electron chi connectivity index (χ2n) is 8.93. The lowest BCUT2D eigenvalue weighted by molar-refractivity contribution is -0.131. The Hall–Kier alpha value is -3.14. The monoisotopic (exact) mass is 430 g/mol. The Morgan fingerprint density at radius 1 is 1.25 bits per heavy atom.